The molecule has 0 saturated heterocycles. The minimum Gasteiger partial charge on any atom is -0.330 e. The number of rotatable bonds is 2. The fourth-order valence-electron chi connectivity index (χ4n) is 1.51. The largest absolute Gasteiger partial charge is 0.330 e. The first-order valence-electron chi connectivity index (χ1n) is 6.07. The maximum atomic E-state index is 5.78. The Labute approximate surface area is 89.4 Å². The molecule has 2 heteroatoms. The van der Waals surface area contributed by atoms with Gasteiger partial charge in [0.15, 0.2) is 0 Å². The minimum absolute atomic E-state index is 0.503. The molecule has 1 rings (SSSR count). The van der Waals surface area contributed by atoms with Crippen LogP contribution in [0.25, 0.3) is 0 Å². The van der Waals surface area contributed by atoms with Gasteiger partial charge in [0.25, 0.3) is 0 Å². The van der Waals surface area contributed by atoms with Gasteiger partial charge in [-0.3, -0.25) is 0 Å². The van der Waals surface area contributed by atoms with Gasteiger partial charge in [-0.15, -0.1) is 0 Å². The van der Waals surface area contributed by atoms with E-state index in [1.54, 1.807) is 0 Å². The van der Waals surface area contributed by atoms with Crippen molar-refractivity contribution in [3.63, 3.8) is 0 Å². The van der Waals surface area contributed by atoms with Crippen LogP contribution in [0.3, 0.4) is 0 Å². The summed E-state index contributed by atoms with van der Waals surface area (Å²) in [6, 6.07) is 0.503. The Kier molecular flexibility index (Phi) is 8.20. The Balaban J connectivity index is 0.000000255. The van der Waals surface area contributed by atoms with E-state index >= 15 is 0 Å². The fraction of sp³-hybridized carbons (Fsp3) is 1.00. The van der Waals surface area contributed by atoms with E-state index < -0.39 is 0 Å². The molecule has 0 aliphatic heterocycles. The Hall–Kier alpha value is -0.0800. The van der Waals surface area contributed by atoms with E-state index in [0.717, 1.165) is 12.5 Å². The van der Waals surface area contributed by atoms with Gasteiger partial charge in [-0.2, -0.15) is 0 Å². The zero-order valence-electron chi connectivity index (χ0n) is 10.1. The lowest BCUT2D eigenvalue weighted by Crippen LogP contribution is -2.30. The van der Waals surface area contributed by atoms with E-state index in [-0.39, 0.29) is 0 Å². The van der Waals surface area contributed by atoms with Crippen molar-refractivity contribution in [2.24, 2.45) is 23.3 Å². The summed E-state index contributed by atoms with van der Waals surface area (Å²) in [7, 11) is 0. The second-order valence-electron chi connectivity index (χ2n) is 4.67. The molecule has 1 fully saturated rings. The average Bonchev–Trinajstić information content (AvgIpc) is 2.22. The summed E-state index contributed by atoms with van der Waals surface area (Å²) in [4.78, 5) is 0. The van der Waals surface area contributed by atoms with E-state index in [0.29, 0.717) is 12.0 Å². The van der Waals surface area contributed by atoms with Gasteiger partial charge in [-0.1, -0.05) is 40.0 Å². The van der Waals surface area contributed by atoms with Crippen LogP contribution in [-0.4, -0.2) is 12.6 Å². The van der Waals surface area contributed by atoms with E-state index in [2.05, 4.69) is 20.8 Å². The highest BCUT2D eigenvalue weighted by Crippen LogP contribution is 2.21. The second-order valence-corrected chi connectivity index (χ2v) is 4.67. The van der Waals surface area contributed by atoms with Crippen molar-refractivity contribution in [3.05, 3.63) is 0 Å². The fourth-order valence-corrected chi connectivity index (χ4v) is 1.51. The molecule has 4 N–H and O–H groups in total. The second kappa shape index (κ2) is 8.25. The Morgan fingerprint density at radius 1 is 1.29 bits per heavy atom. The molecule has 14 heavy (non-hydrogen) atoms. The predicted molar refractivity (Wildman–Crippen MR) is 64.1 cm³/mol. The topological polar surface area (TPSA) is 52.0 Å². The van der Waals surface area contributed by atoms with Gasteiger partial charge in [-0.25, -0.2) is 0 Å². The van der Waals surface area contributed by atoms with Crippen molar-refractivity contribution in [2.75, 3.05) is 6.54 Å². The lowest BCUT2D eigenvalue weighted by Gasteiger charge is -2.24. The summed E-state index contributed by atoms with van der Waals surface area (Å²) in [5, 5.41) is 0. The Morgan fingerprint density at radius 3 is 2.07 bits per heavy atom. The quantitative estimate of drug-likeness (QED) is 0.719. The molecule has 0 aromatic heterocycles. The predicted octanol–water partition coefficient (Wildman–Crippen LogP) is 2.52. The number of hydrogen-bond acceptors (Lipinski definition) is 2. The summed E-state index contributed by atoms with van der Waals surface area (Å²) >= 11 is 0. The molecule has 1 aliphatic rings. The molecule has 0 aromatic carbocycles. The van der Waals surface area contributed by atoms with Crippen molar-refractivity contribution < 1.29 is 0 Å². The highest BCUT2D eigenvalue weighted by atomic mass is 14.6. The van der Waals surface area contributed by atoms with Crippen LogP contribution in [0.2, 0.25) is 0 Å². The zero-order valence-corrected chi connectivity index (χ0v) is 10.1. The van der Waals surface area contributed by atoms with Crippen LogP contribution in [0.15, 0.2) is 0 Å². The first kappa shape index (κ1) is 13.9. The maximum absolute atomic E-state index is 5.78. The van der Waals surface area contributed by atoms with Crippen molar-refractivity contribution in [3.8, 4) is 0 Å². The molecule has 0 bridgehead atoms. The summed E-state index contributed by atoms with van der Waals surface area (Å²) in [5.41, 5.74) is 11.1. The normalized spacial score (nSPS) is 28.9. The van der Waals surface area contributed by atoms with Gasteiger partial charge >= 0.3 is 0 Å². The molecule has 0 aromatic rings. The molecule has 86 valence electrons. The van der Waals surface area contributed by atoms with Crippen LogP contribution in [0.4, 0.5) is 0 Å². The van der Waals surface area contributed by atoms with Gasteiger partial charge in [0, 0.05) is 6.04 Å². The highest BCUT2D eigenvalue weighted by molar-refractivity contribution is 4.73. The molecule has 3 atom stereocenters. The molecule has 1 saturated carbocycles. The molecule has 1 aliphatic carbocycles. The van der Waals surface area contributed by atoms with Crippen LogP contribution < -0.4 is 11.5 Å². The van der Waals surface area contributed by atoms with Gasteiger partial charge < -0.3 is 11.5 Å². The SMILES string of the molecule is CC1CCCCC1N.CCC(C)CN. The van der Waals surface area contributed by atoms with E-state index in [1.807, 2.05) is 0 Å². The lowest BCUT2D eigenvalue weighted by atomic mass is 9.87. The van der Waals surface area contributed by atoms with Crippen LogP contribution in [-0.2, 0) is 0 Å². The number of nitrogens with two attached hydrogens (primary N) is 2. The lowest BCUT2D eigenvalue weighted by molar-refractivity contribution is 0.331. The van der Waals surface area contributed by atoms with E-state index in [4.69, 9.17) is 11.5 Å². The average molecular weight is 200 g/mol. The minimum atomic E-state index is 0.503. The Morgan fingerprint density at radius 2 is 1.86 bits per heavy atom. The summed E-state index contributed by atoms with van der Waals surface area (Å²) < 4.78 is 0. The third-order valence-electron chi connectivity index (χ3n) is 3.28. The van der Waals surface area contributed by atoms with Crippen molar-refractivity contribution in [2.45, 2.75) is 58.9 Å². The standard InChI is InChI=1S/C7H15N.C5H13N/c1-6-4-2-3-5-7(6)8;1-3-5(2)4-6/h6-7H,2-5,8H2,1H3;5H,3-4,6H2,1-2H3. The Bertz CT molecular complexity index is 111. The maximum Gasteiger partial charge on any atom is 0.00645 e. The van der Waals surface area contributed by atoms with Crippen LogP contribution in [0.5, 0.6) is 0 Å². The summed E-state index contributed by atoms with van der Waals surface area (Å²) in [6.07, 6.45) is 6.55. The van der Waals surface area contributed by atoms with Gasteiger partial charge in [0.2, 0.25) is 0 Å². The van der Waals surface area contributed by atoms with Gasteiger partial charge in [0.05, 0.1) is 0 Å². The highest BCUT2D eigenvalue weighted by Gasteiger charge is 2.15. The molecular formula is C12H28N2. The number of hydrogen-bond donors (Lipinski definition) is 2. The van der Waals surface area contributed by atoms with Crippen LogP contribution >= 0.6 is 0 Å². The van der Waals surface area contributed by atoms with Crippen LogP contribution in [0.1, 0.15) is 52.9 Å². The zero-order chi connectivity index (χ0) is 11.0. The molecule has 2 nitrogen and oxygen atoms in total. The van der Waals surface area contributed by atoms with E-state index in [1.165, 1.54) is 32.1 Å². The molecule has 0 amide bonds. The molecular weight excluding hydrogens is 172 g/mol. The first-order chi connectivity index (χ1) is 6.61. The third kappa shape index (κ3) is 6.39. The van der Waals surface area contributed by atoms with Gasteiger partial charge in [0.1, 0.15) is 0 Å². The van der Waals surface area contributed by atoms with Gasteiger partial charge in [-0.05, 0) is 31.2 Å². The van der Waals surface area contributed by atoms with Crippen molar-refractivity contribution in [1.29, 1.82) is 0 Å². The third-order valence-corrected chi connectivity index (χ3v) is 3.28. The molecule has 0 spiro atoms. The van der Waals surface area contributed by atoms with E-state index in [9.17, 15) is 0 Å². The molecule has 3 unspecified atom stereocenters. The molecule has 0 radical (unpaired) electrons. The summed E-state index contributed by atoms with van der Waals surface area (Å²) in [6.45, 7) is 7.39. The molecule has 0 heterocycles. The summed E-state index contributed by atoms with van der Waals surface area (Å²) in [5.74, 6) is 1.49. The van der Waals surface area contributed by atoms with Crippen LogP contribution in [0, 0.1) is 11.8 Å². The van der Waals surface area contributed by atoms with Crippen molar-refractivity contribution >= 4 is 0 Å². The van der Waals surface area contributed by atoms with Crippen molar-refractivity contribution in [1.82, 2.24) is 0 Å². The smallest absolute Gasteiger partial charge is 0.00645 e. The monoisotopic (exact) mass is 200 g/mol. The first-order valence-corrected chi connectivity index (χ1v) is 6.07.